The Hall–Kier alpha value is -0.870. The molecule has 0 saturated heterocycles. The summed E-state index contributed by atoms with van der Waals surface area (Å²) in [6.07, 6.45) is 3.67. The highest BCUT2D eigenvalue weighted by Crippen LogP contribution is 2.06. The minimum atomic E-state index is 0.500. The highest BCUT2D eigenvalue weighted by molar-refractivity contribution is 4.92. The van der Waals surface area contributed by atoms with Crippen LogP contribution < -0.4 is 5.32 Å². The number of rotatable bonds is 7. The molecule has 0 aliphatic heterocycles. The third kappa shape index (κ3) is 3.89. The predicted octanol–water partition coefficient (Wildman–Crippen LogP) is 1.36. The summed E-state index contributed by atoms with van der Waals surface area (Å²) in [7, 11) is 1.65. The van der Waals surface area contributed by atoms with Gasteiger partial charge < -0.3 is 14.5 Å². The molecule has 1 aromatic rings. The third-order valence-electron chi connectivity index (χ3n) is 1.88. The number of nitrogens with one attached hydrogen (secondary N) is 1. The van der Waals surface area contributed by atoms with Gasteiger partial charge in [0.2, 0.25) is 0 Å². The second kappa shape index (κ2) is 6.56. The molecular weight excluding hydrogens is 180 g/mol. The van der Waals surface area contributed by atoms with E-state index >= 15 is 0 Å². The molecule has 0 spiro atoms. The van der Waals surface area contributed by atoms with Gasteiger partial charge in [0.25, 0.3) is 0 Å². The van der Waals surface area contributed by atoms with E-state index in [2.05, 4.69) is 17.2 Å². The van der Waals surface area contributed by atoms with Gasteiger partial charge in [0.05, 0.1) is 6.20 Å². The number of aromatic nitrogens is 1. The van der Waals surface area contributed by atoms with Crippen molar-refractivity contribution in [3.8, 4) is 0 Å². The Balaban J connectivity index is 2.22. The van der Waals surface area contributed by atoms with E-state index in [1.54, 1.807) is 13.3 Å². The van der Waals surface area contributed by atoms with E-state index in [-0.39, 0.29) is 0 Å². The average Bonchev–Trinajstić information content (AvgIpc) is 2.61. The molecule has 0 aliphatic rings. The number of nitrogens with zero attached hydrogens (tertiary/aromatic N) is 1. The quantitative estimate of drug-likeness (QED) is 0.672. The molecule has 1 aromatic heterocycles. The first kappa shape index (κ1) is 11.2. The van der Waals surface area contributed by atoms with Crippen LogP contribution in [-0.4, -0.2) is 25.2 Å². The predicted molar refractivity (Wildman–Crippen MR) is 54.1 cm³/mol. The van der Waals surface area contributed by atoms with E-state index in [1.807, 2.05) is 0 Å². The molecule has 4 nitrogen and oxygen atoms in total. The van der Waals surface area contributed by atoms with Crippen LogP contribution in [0.25, 0.3) is 0 Å². The fourth-order valence-corrected chi connectivity index (χ4v) is 1.21. The Morgan fingerprint density at radius 1 is 1.57 bits per heavy atom. The Morgan fingerprint density at radius 2 is 2.43 bits per heavy atom. The van der Waals surface area contributed by atoms with Crippen LogP contribution in [0.3, 0.4) is 0 Å². The molecule has 0 aromatic carbocycles. The van der Waals surface area contributed by atoms with E-state index in [0.717, 1.165) is 37.6 Å². The summed E-state index contributed by atoms with van der Waals surface area (Å²) >= 11 is 0. The van der Waals surface area contributed by atoms with Gasteiger partial charge in [-0.15, -0.1) is 0 Å². The van der Waals surface area contributed by atoms with Crippen molar-refractivity contribution < 1.29 is 9.15 Å². The van der Waals surface area contributed by atoms with Crippen LogP contribution in [0.5, 0.6) is 0 Å². The largest absolute Gasteiger partial charge is 0.443 e. The summed E-state index contributed by atoms with van der Waals surface area (Å²) in [5.41, 5.74) is 0. The Morgan fingerprint density at radius 3 is 3.14 bits per heavy atom. The van der Waals surface area contributed by atoms with E-state index in [0.29, 0.717) is 6.61 Å². The van der Waals surface area contributed by atoms with Gasteiger partial charge in [-0.2, -0.15) is 0 Å². The van der Waals surface area contributed by atoms with Crippen molar-refractivity contribution in [2.45, 2.75) is 26.4 Å². The molecule has 1 heterocycles. The molecule has 0 atom stereocenters. The highest BCUT2D eigenvalue weighted by Gasteiger charge is 2.02. The van der Waals surface area contributed by atoms with Gasteiger partial charge in [0, 0.05) is 13.5 Å². The molecule has 0 saturated carbocycles. The molecule has 0 radical (unpaired) electrons. The van der Waals surface area contributed by atoms with Crippen molar-refractivity contribution in [3.05, 3.63) is 17.8 Å². The summed E-state index contributed by atoms with van der Waals surface area (Å²) < 4.78 is 10.4. The van der Waals surface area contributed by atoms with Crippen molar-refractivity contribution in [2.75, 3.05) is 20.2 Å². The standard InChI is InChI=1S/C10H18N2O2/c1-3-11-6-4-5-10-12-7-9(14-10)8-13-2/h7,11H,3-6,8H2,1-2H3. The number of aryl methyl sites for hydroxylation is 1. The molecule has 0 unspecified atom stereocenters. The van der Waals surface area contributed by atoms with Crippen molar-refractivity contribution in [2.24, 2.45) is 0 Å². The average molecular weight is 198 g/mol. The zero-order valence-corrected chi connectivity index (χ0v) is 8.88. The fraction of sp³-hybridized carbons (Fsp3) is 0.700. The molecule has 1 N–H and O–H groups in total. The molecule has 14 heavy (non-hydrogen) atoms. The molecular formula is C10H18N2O2. The molecule has 80 valence electrons. The topological polar surface area (TPSA) is 47.3 Å². The number of hydrogen-bond donors (Lipinski definition) is 1. The van der Waals surface area contributed by atoms with Gasteiger partial charge in [-0.3, -0.25) is 0 Å². The highest BCUT2D eigenvalue weighted by atomic mass is 16.5. The van der Waals surface area contributed by atoms with Gasteiger partial charge in [-0.25, -0.2) is 4.98 Å². The van der Waals surface area contributed by atoms with Crippen LogP contribution in [0.1, 0.15) is 25.0 Å². The van der Waals surface area contributed by atoms with Gasteiger partial charge in [-0.05, 0) is 19.5 Å². The Bertz CT molecular complexity index is 248. The molecule has 0 fully saturated rings. The second-order valence-corrected chi connectivity index (χ2v) is 3.11. The smallest absolute Gasteiger partial charge is 0.194 e. The summed E-state index contributed by atoms with van der Waals surface area (Å²) in [6, 6.07) is 0. The van der Waals surface area contributed by atoms with E-state index in [4.69, 9.17) is 9.15 Å². The van der Waals surface area contributed by atoms with Gasteiger partial charge >= 0.3 is 0 Å². The van der Waals surface area contributed by atoms with E-state index in [9.17, 15) is 0 Å². The lowest BCUT2D eigenvalue weighted by Gasteiger charge is -1.98. The van der Waals surface area contributed by atoms with Crippen molar-refractivity contribution in [1.82, 2.24) is 10.3 Å². The fourth-order valence-electron chi connectivity index (χ4n) is 1.21. The maximum Gasteiger partial charge on any atom is 0.194 e. The SMILES string of the molecule is CCNCCCc1ncc(COC)o1. The van der Waals surface area contributed by atoms with Crippen LogP contribution in [0, 0.1) is 0 Å². The zero-order valence-electron chi connectivity index (χ0n) is 8.88. The van der Waals surface area contributed by atoms with Crippen molar-refractivity contribution in [1.29, 1.82) is 0 Å². The van der Waals surface area contributed by atoms with Crippen LogP contribution in [0.4, 0.5) is 0 Å². The lowest BCUT2D eigenvalue weighted by atomic mass is 10.3. The molecule has 0 bridgehead atoms. The molecule has 0 amide bonds. The molecule has 0 aliphatic carbocycles. The maximum absolute atomic E-state index is 5.44. The number of ether oxygens (including phenoxy) is 1. The van der Waals surface area contributed by atoms with Crippen molar-refractivity contribution in [3.63, 3.8) is 0 Å². The monoisotopic (exact) mass is 198 g/mol. The minimum absolute atomic E-state index is 0.500. The van der Waals surface area contributed by atoms with Crippen LogP contribution in [0.15, 0.2) is 10.6 Å². The normalized spacial score (nSPS) is 10.7. The number of hydrogen-bond acceptors (Lipinski definition) is 4. The van der Waals surface area contributed by atoms with E-state index < -0.39 is 0 Å². The van der Waals surface area contributed by atoms with Gasteiger partial charge in [-0.1, -0.05) is 6.92 Å². The molecule has 1 rings (SSSR count). The lowest BCUT2D eigenvalue weighted by molar-refractivity contribution is 0.162. The van der Waals surface area contributed by atoms with Crippen molar-refractivity contribution >= 4 is 0 Å². The minimum Gasteiger partial charge on any atom is -0.443 e. The van der Waals surface area contributed by atoms with Crippen LogP contribution in [-0.2, 0) is 17.8 Å². The van der Waals surface area contributed by atoms with Crippen LogP contribution >= 0.6 is 0 Å². The lowest BCUT2D eigenvalue weighted by Crippen LogP contribution is -2.14. The van der Waals surface area contributed by atoms with Crippen LogP contribution in [0.2, 0.25) is 0 Å². The maximum atomic E-state index is 5.44. The third-order valence-corrected chi connectivity index (χ3v) is 1.88. The first-order chi connectivity index (χ1) is 6.86. The summed E-state index contributed by atoms with van der Waals surface area (Å²) in [4.78, 5) is 4.16. The Labute approximate surface area is 84.7 Å². The zero-order chi connectivity index (χ0) is 10.2. The summed E-state index contributed by atoms with van der Waals surface area (Å²) in [6.45, 7) is 4.63. The Kier molecular flexibility index (Phi) is 5.25. The second-order valence-electron chi connectivity index (χ2n) is 3.11. The van der Waals surface area contributed by atoms with E-state index in [1.165, 1.54) is 0 Å². The number of oxazole rings is 1. The number of methoxy groups -OCH3 is 1. The first-order valence-corrected chi connectivity index (χ1v) is 5.00. The summed E-state index contributed by atoms with van der Waals surface area (Å²) in [5.74, 6) is 1.60. The molecule has 4 heteroatoms. The summed E-state index contributed by atoms with van der Waals surface area (Å²) in [5, 5.41) is 3.26. The van der Waals surface area contributed by atoms with Gasteiger partial charge in [0.15, 0.2) is 5.89 Å². The first-order valence-electron chi connectivity index (χ1n) is 5.00. The van der Waals surface area contributed by atoms with Gasteiger partial charge in [0.1, 0.15) is 12.4 Å².